The molecule has 45 heavy (non-hydrogen) atoms. The molecule has 0 fully saturated rings. The Kier molecular flexibility index (Phi) is 3.39. The first-order valence-electron chi connectivity index (χ1n) is 21.7. The zero-order chi connectivity index (χ0) is 42.8. The lowest BCUT2D eigenvalue weighted by Gasteiger charge is -2.18. The van der Waals surface area contributed by atoms with E-state index in [0.717, 1.165) is 21.9 Å². The van der Waals surface area contributed by atoms with E-state index in [0.29, 0.717) is 16.3 Å². The Morgan fingerprint density at radius 3 is 1.67 bits per heavy atom. The Bertz CT molecular complexity index is 3290. The van der Waals surface area contributed by atoms with Gasteiger partial charge < -0.3 is 4.42 Å². The second-order valence-electron chi connectivity index (χ2n) is 10.5. The molecule has 0 aliphatic carbocycles. The maximum absolute atomic E-state index is 9.73. The van der Waals surface area contributed by atoms with Gasteiger partial charge in [-0.05, 0) is 90.2 Å². The van der Waals surface area contributed by atoms with Crippen molar-refractivity contribution < 1.29 is 25.0 Å². The van der Waals surface area contributed by atoms with Crippen LogP contribution in [0.2, 0.25) is 0 Å². The monoisotopic (exact) mass is 587 g/mol. The SMILES string of the molecule is [2H]c1c([2H])c([2H])c(-c2c([2H])c([2H])c([2H])c3oc4c([2H])c(-c5c([2H])c([2H])c([2H])c(-c6c7ccccc7c(-c7ccccc7)c7ccccc67)c5[2H])c([2H])c([2H])c4c23)c([2H])c1[2H]. The molecular weight excluding hydrogens is 544 g/mol. The van der Waals surface area contributed by atoms with E-state index in [1.807, 2.05) is 78.9 Å². The molecule has 0 unspecified atom stereocenters. The van der Waals surface area contributed by atoms with Crippen molar-refractivity contribution in [3.05, 3.63) is 169 Å². The minimum absolute atomic E-state index is 0.0392. The first-order chi connectivity index (χ1) is 28.6. The minimum Gasteiger partial charge on any atom is -0.456 e. The molecule has 8 aromatic carbocycles. The largest absolute Gasteiger partial charge is 0.456 e. The molecule has 1 nitrogen and oxygen atoms in total. The normalized spacial score (nSPS) is 16.2. The average molecular weight is 588 g/mol. The van der Waals surface area contributed by atoms with E-state index in [4.69, 9.17) is 18.1 Å². The highest BCUT2D eigenvalue weighted by Crippen LogP contribution is 2.44. The van der Waals surface area contributed by atoms with E-state index in [9.17, 15) is 6.85 Å². The standard InChI is InChI=1S/C44H28O/c1-3-13-29(14-4-1)34-23-12-24-40-44(34)39-26-25-32(28-41(39)45-40)31-17-11-18-33(27-31)43-37-21-9-7-19-35(37)42(30-15-5-2-6-16-30)36-20-8-10-22-38(36)43/h1-28H/i1D,3D,4D,11D,12D,13D,14D,17D,18D,23D,24D,25D,26D,27D,28D. The Morgan fingerprint density at radius 2 is 0.956 bits per heavy atom. The molecule has 0 aliphatic rings. The molecule has 9 rings (SSSR count). The van der Waals surface area contributed by atoms with Gasteiger partial charge in [-0.2, -0.15) is 0 Å². The number of hydrogen-bond donors (Lipinski definition) is 0. The Morgan fingerprint density at radius 1 is 0.378 bits per heavy atom. The zero-order valence-electron chi connectivity index (χ0n) is 38.4. The Balaban J connectivity index is 1.41. The summed E-state index contributed by atoms with van der Waals surface area (Å²) >= 11 is 0. The van der Waals surface area contributed by atoms with Crippen LogP contribution in [0.1, 0.15) is 20.6 Å². The molecule has 0 radical (unpaired) electrons. The van der Waals surface area contributed by atoms with E-state index in [2.05, 4.69) is 0 Å². The second kappa shape index (κ2) is 10.4. The molecule has 210 valence electrons. The summed E-state index contributed by atoms with van der Waals surface area (Å²) in [5.41, 5.74) is -0.421. The molecule has 0 saturated heterocycles. The number of rotatable bonds is 4. The Hall–Kier alpha value is -5.92. The maximum atomic E-state index is 9.73. The third-order valence-electron chi connectivity index (χ3n) is 7.94. The van der Waals surface area contributed by atoms with Crippen LogP contribution in [0, 0.1) is 0 Å². The predicted octanol–water partition coefficient (Wildman–Crippen LogP) is 12.6. The summed E-state index contributed by atoms with van der Waals surface area (Å²) in [5, 5.41) is 2.27. The average Bonchev–Trinajstić information content (AvgIpc) is 3.66. The zero-order valence-corrected chi connectivity index (χ0v) is 23.4. The van der Waals surface area contributed by atoms with Crippen LogP contribution < -0.4 is 0 Å². The van der Waals surface area contributed by atoms with Gasteiger partial charge in [-0.3, -0.25) is 0 Å². The molecule has 0 saturated carbocycles. The van der Waals surface area contributed by atoms with Gasteiger partial charge in [-0.1, -0.05) is 145 Å². The topological polar surface area (TPSA) is 13.1 Å². The van der Waals surface area contributed by atoms with Gasteiger partial charge in [0.1, 0.15) is 11.2 Å². The van der Waals surface area contributed by atoms with Gasteiger partial charge in [-0.15, -0.1) is 0 Å². The van der Waals surface area contributed by atoms with Gasteiger partial charge in [0.05, 0.1) is 20.6 Å². The number of fused-ring (bicyclic) bond motifs is 5. The third-order valence-corrected chi connectivity index (χ3v) is 7.94. The number of furan rings is 1. The fourth-order valence-electron chi connectivity index (χ4n) is 6.04. The summed E-state index contributed by atoms with van der Waals surface area (Å²) < 4.78 is 139. The first kappa shape index (κ1) is 14.7. The van der Waals surface area contributed by atoms with Crippen molar-refractivity contribution in [2.75, 3.05) is 0 Å². The molecule has 0 spiro atoms. The highest BCUT2D eigenvalue weighted by atomic mass is 16.3. The summed E-state index contributed by atoms with van der Waals surface area (Å²) in [4.78, 5) is 0. The van der Waals surface area contributed by atoms with Crippen molar-refractivity contribution in [2.24, 2.45) is 0 Å². The van der Waals surface area contributed by atoms with Crippen LogP contribution in [-0.2, 0) is 0 Å². The highest BCUT2D eigenvalue weighted by Gasteiger charge is 2.17. The summed E-state index contributed by atoms with van der Waals surface area (Å²) in [6, 6.07) is 14.9. The molecule has 0 amide bonds. The third kappa shape index (κ3) is 4.17. The van der Waals surface area contributed by atoms with E-state index < -0.39 is 124 Å². The molecule has 9 aromatic rings. The van der Waals surface area contributed by atoms with E-state index in [-0.39, 0.29) is 16.3 Å². The Labute approximate surface area is 282 Å². The second-order valence-corrected chi connectivity index (χ2v) is 10.5. The van der Waals surface area contributed by atoms with E-state index in [1.54, 1.807) is 0 Å². The molecule has 0 aliphatic heterocycles. The highest BCUT2D eigenvalue weighted by molar-refractivity contribution is 6.21. The van der Waals surface area contributed by atoms with Gasteiger partial charge in [0.15, 0.2) is 0 Å². The van der Waals surface area contributed by atoms with Gasteiger partial charge in [0.2, 0.25) is 0 Å². The van der Waals surface area contributed by atoms with Gasteiger partial charge in [-0.25, -0.2) is 0 Å². The van der Waals surface area contributed by atoms with Crippen molar-refractivity contribution in [1.29, 1.82) is 0 Å². The van der Waals surface area contributed by atoms with E-state index in [1.165, 1.54) is 0 Å². The molecule has 1 aromatic heterocycles. The fourth-order valence-corrected chi connectivity index (χ4v) is 6.04. The molecule has 0 N–H and O–H groups in total. The lowest BCUT2D eigenvalue weighted by atomic mass is 9.85. The smallest absolute Gasteiger partial charge is 0.136 e. The van der Waals surface area contributed by atoms with Crippen molar-refractivity contribution in [3.8, 4) is 44.5 Å². The first-order valence-corrected chi connectivity index (χ1v) is 14.2. The van der Waals surface area contributed by atoms with E-state index >= 15 is 0 Å². The number of hydrogen-bond acceptors (Lipinski definition) is 1. The lowest BCUT2D eigenvalue weighted by molar-refractivity contribution is 0.669. The predicted molar refractivity (Wildman–Crippen MR) is 190 cm³/mol. The summed E-state index contributed by atoms with van der Waals surface area (Å²) in [6.07, 6.45) is 0. The lowest BCUT2D eigenvalue weighted by Crippen LogP contribution is -1.91. The summed E-state index contributed by atoms with van der Waals surface area (Å²) in [7, 11) is 0. The van der Waals surface area contributed by atoms with Crippen LogP contribution in [0.5, 0.6) is 0 Å². The quantitative estimate of drug-likeness (QED) is 0.187. The van der Waals surface area contributed by atoms with Crippen LogP contribution in [0.15, 0.2) is 174 Å². The van der Waals surface area contributed by atoms with Crippen molar-refractivity contribution in [1.82, 2.24) is 0 Å². The molecular formula is C44H28O. The minimum atomic E-state index is -0.732. The van der Waals surface area contributed by atoms with Crippen LogP contribution in [0.25, 0.3) is 88.0 Å². The van der Waals surface area contributed by atoms with Crippen molar-refractivity contribution >= 4 is 43.5 Å². The van der Waals surface area contributed by atoms with Gasteiger partial charge in [0.25, 0.3) is 0 Å². The van der Waals surface area contributed by atoms with Crippen LogP contribution in [-0.4, -0.2) is 0 Å². The maximum Gasteiger partial charge on any atom is 0.136 e. The van der Waals surface area contributed by atoms with Crippen LogP contribution in [0.4, 0.5) is 0 Å². The molecule has 0 bridgehead atoms. The summed E-state index contributed by atoms with van der Waals surface area (Å²) in [6.45, 7) is 0. The van der Waals surface area contributed by atoms with Crippen LogP contribution >= 0.6 is 0 Å². The molecule has 1 heterocycles. The number of benzene rings is 8. The van der Waals surface area contributed by atoms with Gasteiger partial charge >= 0.3 is 0 Å². The molecule has 0 atom stereocenters. The molecule has 1 heteroatoms. The van der Waals surface area contributed by atoms with Gasteiger partial charge in [0, 0.05) is 10.8 Å². The summed E-state index contributed by atoms with van der Waals surface area (Å²) in [5.74, 6) is 0. The fraction of sp³-hybridized carbons (Fsp3) is 0. The van der Waals surface area contributed by atoms with Crippen molar-refractivity contribution in [2.45, 2.75) is 0 Å². The van der Waals surface area contributed by atoms with Crippen LogP contribution in [0.3, 0.4) is 0 Å². The van der Waals surface area contributed by atoms with Crippen molar-refractivity contribution in [3.63, 3.8) is 0 Å².